The molecule has 57 heavy (non-hydrogen) atoms. The number of nitriles is 1. The number of rotatable bonds is 16. The summed E-state index contributed by atoms with van der Waals surface area (Å²) < 4.78 is 66.0. The van der Waals surface area contributed by atoms with E-state index < -0.39 is 55.0 Å². The highest BCUT2D eigenvalue weighted by Gasteiger charge is 2.91. The molecule has 3 aromatic carbocycles. The maximum atomic E-state index is 17.9. The van der Waals surface area contributed by atoms with Crippen LogP contribution < -0.4 is 20.7 Å². The summed E-state index contributed by atoms with van der Waals surface area (Å²) in [7, 11) is 1.21. The van der Waals surface area contributed by atoms with Crippen molar-refractivity contribution in [2.75, 3.05) is 20.8 Å². The topological polar surface area (TPSA) is 150 Å². The molecule has 4 aromatic rings. The standard InChI is InChI=1S/C42H48FN4O9P/c1-27(2)47(28(3)4)57(52-23-11-22-44)56-39-24-35(46-25-29(5)36(48)45-38(46)49)53-37(39)42(40(43,26-39)54-42)55-41(30-12-9-8-10-13-30,31-14-18-33(50-6)19-15-31)32-16-20-34(51-7)21-17-32/h8-10,12-21,25,27-28,35,37H,11,23-24,26H2,1-7H3,(H,45,48,49)/t35-,37+,39-,40+,42+,57?/m1/s1. The van der Waals surface area contributed by atoms with E-state index in [1.165, 1.54) is 10.8 Å². The number of methoxy groups -OCH3 is 2. The highest BCUT2D eigenvalue weighted by molar-refractivity contribution is 7.44. The molecule has 0 amide bonds. The fourth-order valence-corrected chi connectivity index (χ4v) is 10.1. The lowest BCUT2D eigenvalue weighted by Gasteiger charge is -2.42. The van der Waals surface area contributed by atoms with Gasteiger partial charge in [0.25, 0.3) is 25.7 Å². The molecule has 3 heterocycles. The van der Waals surface area contributed by atoms with E-state index in [2.05, 4.69) is 11.1 Å². The zero-order chi connectivity index (χ0) is 40.8. The molecule has 6 atom stereocenters. The second-order valence-electron chi connectivity index (χ2n) is 15.1. The van der Waals surface area contributed by atoms with Crippen LogP contribution in [0.1, 0.15) is 75.4 Å². The molecule has 13 nitrogen and oxygen atoms in total. The Labute approximate surface area is 332 Å². The van der Waals surface area contributed by atoms with Gasteiger partial charge in [0.15, 0.2) is 0 Å². The van der Waals surface area contributed by atoms with E-state index in [-0.39, 0.29) is 43.5 Å². The third-order valence-corrected chi connectivity index (χ3v) is 13.0. The highest BCUT2D eigenvalue weighted by atomic mass is 31.2. The van der Waals surface area contributed by atoms with Gasteiger partial charge in [-0.25, -0.2) is 13.9 Å². The van der Waals surface area contributed by atoms with Crippen LogP contribution >= 0.6 is 8.53 Å². The number of H-pyrrole nitrogens is 1. The van der Waals surface area contributed by atoms with Crippen LogP contribution in [0.2, 0.25) is 0 Å². The molecule has 1 N–H and O–H groups in total. The molecule has 2 saturated heterocycles. The first-order chi connectivity index (χ1) is 27.3. The van der Waals surface area contributed by atoms with Gasteiger partial charge in [-0.05, 0) is 75.6 Å². The second kappa shape index (κ2) is 15.7. The lowest BCUT2D eigenvalue weighted by molar-refractivity contribution is -0.208. The number of nitrogens with one attached hydrogen (secondary N) is 1. The highest BCUT2D eigenvalue weighted by Crippen LogP contribution is 2.74. The zero-order valence-electron chi connectivity index (χ0n) is 33.1. The van der Waals surface area contributed by atoms with Gasteiger partial charge in [0.1, 0.15) is 35.0 Å². The molecule has 0 bridgehead atoms. The predicted octanol–water partition coefficient (Wildman–Crippen LogP) is 6.99. The van der Waals surface area contributed by atoms with Crippen molar-refractivity contribution >= 4 is 8.53 Å². The number of ether oxygens (including phenoxy) is 5. The number of halogens is 1. The van der Waals surface area contributed by atoms with Crippen LogP contribution in [0, 0.1) is 18.3 Å². The molecule has 1 unspecified atom stereocenters. The van der Waals surface area contributed by atoms with Gasteiger partial charge in [0.05, 0.1) is 33.3 Å². The molecule has 15 heteroatoms. The molecule has 3 fully saturated rings. The number of hydrogen-bond acceptors (Lipinski definition) is 11. The van der Waals surface area contributed by atoms with Gasteiger partial charge >= 0.3 is 5.69 Å². The van der Waals surface area contributed by atoms with Crippen molar-refractivity contribution in [3.63, 3.8) is 0 Å². The Balaban J connectivity index is 1.42. The van der Waals surface area contributed by atoms with E-state index in [0.29, 0.717) is 28.2 Å². The summed E-state index contributed by atoms with van der Waals surface area (Å²) in [5.74, 6) is -3.29. The Hall–Kier alpha value is -4.45. The quantitative estimate of drug-likeness (QED) is 0.0541. The molecule has 2 aliphatic heterocycles. The number of aryl methyl sites for hydroxylation is 1. The fraction of sp³-hybridized carbons (Fsp3) is 0.452. The summed E-state index contributed by atoms with van der Waals surface area (Å²) in [6.45, 7) is 9.69. The van der Waals surface area contributed by atoms with Gasteiger partial charge in [-0.2, -0.15) is 5.26 Å². The fourth-order valence-electron chi connectivity index (χ4n) is 8.24. The third kappa shape index (κ3) is 7.10. The first-order valence-corrected chi connectivity index (χ1v) is 20.1. The third-order valence-electron chi connectivity index (χ3n) is 10.8. The summed E-state index contributed by atoms with van der Waals surface area (Å²) in [6, 6.07) is 26.1. The van der Waals surface area contributed by atoms with E-state index >= 15 is 4.39 Å². The lowest BCUT2D eigenvalue weighted by atomic mass is 9.79. The Morgan fingerprint density at radius 1 is 0.965 bits per heavy atom. The Kier molecular flexibility index (Phi) is 11.2. The maximum Gasteiger partial charge on any atom is 0.330 e. The monoisotopic (exact) mass is 802 g/mol. The molecule has 302 valence electrons. The number of benzene rings is 3. The SMILES string of the molecule is COc1ccc(C(O[C@]23O[C@@]2(F)C[C@]2(OP(OCCC#N)N(C(C)C)C(C)C)C[C@H](n4cc(C)c(=O)[nH]c4=O)O[C@@H]23)(c2ccccc2)c2ccc(OC)cc2)cc1. The summed E-state index contributed by atoms with van der Waals surface area (Å²) in [4.78, 5) is 28.2. The molecule has 1 aromatic heterocycles. The van der Waals surface area contributed by atoms with Crippen LogP contribution in [0.25, 0.3) is 0 Å². The van der Waals surface area contributed by atoms with Crippen LogP contribution in [-0.4, -0.2) is 70.5 Å². The Bertz CT molecular complexity index is 2160. The molecule has 3 aliphatic rings. The van der Waals surface area contributed by atoms with Gasteiger partial charge in [0.2, 0.25) is 0 Å². The van der Waals surface area contributed by atoms with Gasteiger partial charge in [-0.15, -0.1) is 0 Å². The van der Waals surface area contributed by atoms with E-state index in [1.54, 1.807) is 45.4 Å². The van der Waals surface area contributed by atoms with Crippen LogP contribution in [-0.2, 0) is 28.9 Å². The van der Waals surface area contributed by atoms with Crippen LogP contribution in [0.15, 0.2) is 94.6 Å². The first kappa shape index (κ1) is 40.7. The average Bonchev–Trinajstić information content (AvgIpc) is 3.48. The summed E-state index contributed by atoms with van der Waals surface area (Å²) in [5.41, 5.74) is -2.00. The predicted molar refractivity (Wildman–Crippen MR) is 209 cm³/mol. The number of nitrogens with zero attached hydrogens (tertiary/aromatic N) is 3. The maximum absolute atomic E-state index is 17.9. The van der Waals surface area contributed by atoms with Gasteiger partial charge in [-0.3, -0.25) is 14.3 Å². The number of alkyl halides is 1. The van der Waals surface area contributed by atoms with Gasteiger partial charge in [-0.1, -0.05) is 54.6 Å². The first-order valence-electron chi connectivity index (χ1n) is 18.9. The van der Waals surface area contributed by atoms with E-state index in [9.17, 15) is 14.9 Å². The van der Waals surface area contributed by atoms with Crippen molar-refractivity contribution in [2.24, 2.45) is 0 Å². The molecule has 1 aliphatic carbocycles. The molecular formula is C42H48FN4O9P. The minimum Gasteiger partial charge on any atom is -0.497 e. The largest absolute Gasteiger partial charge is 0.497 e. The zero-order valence-corrected chi connectivity index (χ0v) is 34.0. The number of fused-ring (bicyclic) bond motifs is 3. The smallest absolute Gasteiger partial charge is 0.330 e. The van der Waals surface area contributed by atoms with E-state index in [0.717, 1.165) is 0 Å². The Morgan fingerprint density at radius 3 is 2.09 bits per heavy atom. The number of aromatic amines is 1. The van der Waals surface area contributed by atoms with Crippen molar-refractivity contribution < 1.29 is 37.1 Å². The van der Waals surface area contributed by atoms with Gasteiger partial charge < -0.3 is 32.7 Å². The van der Waals surface area contributed by atoms with Crippen molar-refractivity contribution in [1.82, 2.24) is 14.2 Å². The molecule has 7 rings (SSSR count). The summed E-state index contributed by atoms with van der Waals surface area (Å²) in [6.07, 6.45) is -1.11. The van der Waals surface area contributed by atoms with Crippen molar-refractivity contribution in [3.8, 4) is 17.6 Å². The molecule has 1 saturated carbocycles. The normalized spacial score (nSPS) is 25.6. The van der Waals surface area contributed by atoms with Gasteiger partial charge in [0, 0.05) is 36.7 Å². The Morgan fingerprint density at radius 2 is 1.54 bits per heavy atom. The minimum absolute atomic E-state index is 0.0168. The number of aromatic nitrogens is 2. The van der Waals surface area contributed by atoms with Crippen LogP contribution in [0.4, 0.5) is 4.39 Å². The average molecular weight is 803 g/mol. The van der Waals surface area contributed by atoms with E-state index in [1.807, 2.05) is 87.0 Å². The molecule has 0 radical (unpaired) electrons. The second-order valence-corrected chi connectivity index (χ2v) is 16.5. The van der Waals surface area contributed by atoms with E-state index in [4.69, 9.17) is 32.7 Å². The minimum atomic E-state index is -2.42. The molecule has 0 spiro atoms. The lowest BCUT2D eigenvalue weighted by Crippen LogP contribution is -2.50. The molecular weight excluding hydrogens is 754 g/mol. The summed E-state index contributed by atoms with van der Waals surface area (Å²) >= 11 is 0. The summed E-state index contributed by atoms with van der Waals surface area (Å²) in [5, 5.41) is 9.40. The number of hydrogen-bond donors (Lipinski definition) is 1. The number of epoxide rings is 1. The van der Waals surface area contributed by atoms with Crippen molar-refractivity contribution in [1.29, 1.82) is 5.26 Å². The van der Waals surface area contributed by atoms with Crippen molar-refractivity contribution in [3.05, 3.63) is 128 Å². The van der Waals surface area contributed by atoms with Crippen LogP contribution in [0.5, 0.6) is 11.5 Å². The van der Waals surface area contributed by atoms with Crippen molar-refractivity contribution in [2.45, 2.75) is 101 Å². The van der Waals surface area contributed by atoms with Crippen LogP contribution in [0.3, 0.4) is 0 Å².